The van der Waals surface area contributed by atoms with Gasteiger partial charge in [0.2, 0.25) is 5.41 Å². The summed E-state index contributed by atoms with van der Waals surface area (Å²) in [7, 11) is 1.57. The van der Waals surface area contributed by atoms with Crippen molar-refractivity contribution in [2.75, 3.05) is 13.7 Å². The maximum atomic E-state index is 13.0. The van der Waals surface area contributed by atoms with Crippen LogP contribution in [-0.2, 0) is 9.53 Å². The predicted molar refractivity (Wildman–Crippen MR) is 98.1 cm³/mol. The van der Waals surface area contributed by atoms with E-state index in [0.29, 0.717) is 5.75 Å². The van der Waals surface area contributed by atoms with Gasteiger partial charge in [0.15, 0.2) is 0 Å². The zero-order chi connectivity index (χ0) is 19.6. The maximum absolute atomic E-state index is 13.0. The van der Waals surface area contributed by atoms with E-state index in [-0.39, 0.29) is 18.2 Å². The Morgan fingerprint density at radius 1 is 1.33 bits per heavy atom. The van der Waals surface area contributed by atoms with Crippen LogP contribution in [0.4, 0.5) is 0 Å². The highest BCUT2D eigenvalue weighted by Gasteiger charge is 2.62. The normalized spacial score (nSPS) is 29.1. The van der Waals surface area contributed by atoms with Crippen LogP contribution in [0.5, 0.6) is 5.75 Å². The number of allylic oxidation sites excluding steroid dienone is 2. The summed E-state index contributed by atoms with van der Waals surface area (Å²) in [6, 6.07) is 11.4. The molecule has 1 aromatic rings. The second-order valence-corrected chi connectivity index (χ2v) is 6.75. The molecule has 6 heteroatoms. The lowest BCUT2D eigenvalue weighted by molar-refractivity contribution is -0.150. The summed E-state index contributed by atoms with van der Waals surface area (Å²) < 4.78 is 10.4. The number of benzene rings is 1. The van der Waals surface area contributed by atoms with Crippen LogP contribution in [0.3, 0.4) is 0 Å². The number of ether oxygens (including phenoxy) is 2. The zero-order valence-corrected chi connectivity index (χ0v) is 15.4. The molecule has 0 aliphatic heterocycles. The monoisotopic (exact) mass is 363 g/mol. The Labute approximate surface area is 158 Å². The summed E-state index contributed by atoms with van der Waals surface area (Å²) in [5.41, 5.74) is -0.379. The van der Waals surface area contributed by atoms with Gasteiger partial charge in [-0.2, -0.15) is 10.5 Å². The number of nitrogens with one attached hydrogen (secondary N) is 1. The van der Waals surface area contributed by atoms with Gasteiger partial charge in [-0.1, -0.05) is 18.2 Å². The Hall–Kier alpha value is -3.12. The molecule has 0 unspecified atom stereocenters. The molecule has 138 valence electrons. The summed E-state index contributed by atoms with van der Waals surface area (Å²) in [6.07, 6.45) is 3.48. The molecule has 3 rings (SSSR count). The molecule has 1 fully saturated rings. The number of carbonyl (C=O) groups excluding carboxylic acids is 1. The molecule has 1 aromatic carbocycles. The molecule has 1 N–H and O–H groups in total. The van der Waals surface area contributed by atoms with Gasteiger partial charge in [0.05, 0.1) is 31.6 Å². The van der Waals surface area contributed by atoms with Gasteiger partial charge in [-0.05, 0) is 49.0 Å². The number of carbonyl (C=O) groups is 1. The molecule has 2 aliphatic carbocycles. The number of nitrogens with zero attached hydrogens (tertiary/aromatic N) is 2. The fourth-order valence-corrected chi connectivity index (χ4v) is 4.39. The molecule has 0 saturated heterocycles. The third kappa shape index (κ3) is 2.69. The largest absolute Gasteiger partial charge is 0.497 e. The lowest BCUT2D eigenvalue weighted by atomic mass is 9.55. The zero-order valence-electron chi connectivity index (χ0n) is 15.4. The minimum Gasteiger partial charge on any atom is -0.497 e. The van der Waals surface area contributed by atoms with E-state index >= 15 is 0 Å². The molecule has 4 atom stereocenters. The van der Waals surface area contributed by atoms with Gasteiger partial charge in [0, 0.05) is 5.92 Å². The van der Waals surface area contributed by atoms with Gasteiger partial charge >= 0.3 is 5.97 Å². The third-order valence-corrected chi connectivity index (χ3v) is 5.58. The number of fused-ring (bicyclic) bond motifs is 1. The van der Waals surface area contributed by atoms with Gasteiger partial charge in [-0.15, -0.1) is 0 Å². The summed E-state index contributed by atoms with van der Waals surface area (Å²) >= 11 is 0. The van der Waals surface area contributed by atoms with E-state index in [0.717, 1.165) is 24.0 Å². The van der Waals surface area contributed by atoms with Crippen LogP contribution >= 0.6 is 0 Å². The summed E-state index contributed by atoms with van der Waals surface area (Å²) in [5.74, 6) is -1.67. The number of esters is 1. The van der Waals surface area contributed by atoms with Crippen LogP contribution in [0, 0.1) is 45.3 Å². The van der Waals surface area contributed by atoms with Gasteiger partial charge < -0.3 is 14.9 Å². The fraction of sp³-hybridized carbons (Fsp3) is 0.429. The maximum Gasteiger partial charge on any atom is 0.333 e. The van der Waals surface area contributed by atoms with Gasteiger partial charge in [0.25, 0.3) is 0 Å². The first kappa shape index (κ1) is 18.7. The molecule has 0 amide bonds. The molecule has 27 heavy (non-hydrogen) atoms. The van der Waals surface area contributed by atoms with Crippen molar-refractivity contribution in [3.63, 3.8) is 0 Å². The van der Waals surface area contributed by atoms with Gasteiger partial charge in [-0.25, -0.2) is 4.79 Å². The van der Waals surface area contributed by atoms with E-state index in [1.165, 1.54) is 0 Å². The molecule has 6 nitrogen and oxygen atoms in total. The van der Waals surface area contributed by atoms with E-state index in [1.807, 2.05) is 18.2 Å². The molecular formula is C21H21N3O3. The fourth-order valence-electron chi connectivity index (χ4n) is 4.39. The van der Waals surface area contributed by atoms with Crippen LogP contribution in [0.15, 0.2) is 35.9 Å². The molecule has 1 saturated carbocycles. The topological polar surface area (TPSA) is 107 Å². The second-order valence-electron chi connectivity index (χ2n) is 6.75. The standard InChI is InChI=1S/C21H21N3O3/c1-3-27-20(25)21(12-23)18(13-7-9-14(26-2)10-8-13)16-6-4-5-15(16)17(11-22)19(21)24/h5,7-10,16-18,24H,3-4,6H2,1-2H3/t16-,17-,18-,21+/m1/s1. The van der Waals surface area contributed by atoms with Crippen LogP contribution < -0.4 is 4.74 Å². The van der Waals surface area contributed by atoms with Crippen LogP contribution in [0.1, 0.15) is 31.2 Å². The first-order chi connectivity index (χ1) is 13.0. The van der Waals surface area contributed by atoms with Crippen molar-refractivity contribution in [1.29, 1.82) is 15.9 Å². The summed E-state index contributed by atoms with van der Waals surface area (Å²) in [5, 5.41) is 28.5. The quantitative estimate of drug-likeness (QED) is 0.652. The molecular weight excluding hydrogens is 342 g/mol. The Balaban J connectivity index is 2.22. The number of hydrogen-bond acceptors (Lipinski definition) is 6. The minimum absolute atomic E-state index is 0.107. The van der Waals surface area contributed by atoms with Crippen LogP contribution in [0.25, 0.3) is 0 Å². The van der Waals surface area contributed by atoms with Crippen molar-refractivity contribution < 1.29 is 14.3 Å². The third-order valence-electron chi connectivity index (χ3n) is 5.58. The van der Waals surface area contributed by atoms with Crippen molar-refractivity contribution in [3.05, 3.63) is 41.5 Å². The number of rotatable bonds is 4. The SMILES string of the molecule is CCOC(=O)[C@]1(C#N)C(=N)[C@H](C#N)C2=CCC[C@H]2[C@H]1c1ccc(OC)cc1. The van der Waals surface area contributed by atoms with Crippen LogP contribution in [-0.4, -0.2) is 25.4 Å². The van der Waals surface area contributed by atoms with E-state index in [2.05, 4.69) is 12.1 Å². The lowest BCUT2D eigenvalue weighted by Gasteiger charge is -2.44. The van der Waals surface area contributed by atoms with E-state index < -0.39 is 23.2 Å². The number of hydrogen-bond donors (Lipinski definition) is 1. The van der Waals surface area contributed by atoms with E-state index in [9.17, 15) is 15.3 Å². The highest BCUT2D eigenvalue weighted by molar-refractivity contribution is 6.13. The molecule has 2 aliphatic rings. The number of nitriles is 2. The van der Waals surface area contributed by atoms with Crippen molar-refractivity contribution in [3.8, 4) is 17.9 Å². The molecule has 0 radical (unpaired) electrons. The first-order valence-electron chi connectivity index (χ1n) is 8.96. The van der Waals surface area contributed by atoms with Crippen molar-refractivity contribution >= 4 is 11.7 Å². The molecule has 0 bridgehead atoms. The van der Waals surface area contributed by atoms with Gasteiger partial charge in [0.1, 0.15) is 11.7 Å². The Kier molecular flexibility index (Phi) is 5.01. The van der Waals surface area contributed by atoms with Gasteiger partial charge in [-0.3, -0.25) is 0 Å². The first-order valence-corrected chi connectivity index (χ1v) is 8.96. The van der Waals surface area contributed by atoms with Crippen LogP contribution in [0.2, 0.25) is 0 Å². The highest BCUT2D eigenvalue weighted by atomic mass is 16.5. The molecule has 0 spiro atoms. The minimum atomic E-state index is -1.81. The average molecular weight is 363 g/mol. The summed E-state index contributed by atoms with van der Waals surface area (Å²) in [6.45, 7) is 1.77. The highest BCUT2D eigenvalue weighted by Crippen LogP contribution is 2.56. The van der Waals surface area contributed by atoms with E-state index in [4.69, 9.17) is 14.9 Å². The molecule has 0 aromatic heterocycles. The molecule has 0 heterocycles. The predicted octanol–water partition coefficient (Wildman–Crippen LogP) is 3.36. The number of methoxy groups -OCH3 is 1. The lowest BCUT2D eigenvalue weighted by Crippen LogP contribution is -2.53. The second kappa shape index (κ2) is 7.25. The van der Waals surface area contributed by atoms with Crippen molar-refractivity contribution in [2.24, 2.45) is 17.3 Å². The summed E-state index contributed by atoms with van der Waals surface area (Å²) in [4.78, 5) is 13.0. The van der Waals surface area contributed by atoms with Crippen molar-refractivity contribution in [2.45, 2.75) is 25.7 Å². The Morgan fingerprint density at radius 3 is 2.59 bits per heavy atom. The Bertz CT molecular complexity index is 875. The smallest absolute Gasteiger partial charge is 0.333 e. The van der Waals surface area contributed by atoms with E-state index in [1.54, 1.807) is 26.2 Å². The Morgan fingerprint density at radius 2 is 2.04 bits per heavy atom. The van der Waals surface area contributed by atoms with Crippen molar-refractivity contribution in [1.82, 2.24) is 0 Å². The average Bonchev–Trinajstić information content (AvgIpc) is 3.16.